The Morgan fingerprint density at radius 2 is 2.44 bits per heavy atom. The molecule has 5 heteroatoms. The second-order valence-corrected chi connectivity index (χ2v) is 5.40. The largest absolute Gasteiger partial charge is 0.370 e. The Balaban J connectivity index is 2.52. The van der Waals surface area contributed by atoms with Gasteiger partial charge in [0.2, 0.25) is 0 Å². The van der Waals surface area contributed by atoms with Crippen LogP contribution in [0, 0.1) is 0 Å². The van der Waals surface area contributed by atoms with Crippen LogP contribution in [-0.2, 0) is 0 Å². The molecule has 0 aliphatic carbocycles. The van der Waals surface area contributed by atoms with Gasteiger partial charge in [-0.15, -0.1) is 6.58 Å². The van der Waals surface area contributed by atoms with Gasteiger partial charge in [0.25, 0.3) is 0 Å². The summed E-state index contributed by atoms with van der Waals surface area (Å²) in [5.41, 5.74) is 5.95. The molecular formula is C11H22N4S. The lowest BCUT2D eigenvalue weighted by atomic mass is 9.98. The van der Waals surface area contributed by atoms with Crippen LogP contribution in [0.15, 0.2) is 17.6 Å². The fraction of sp³-hybridized carbons (Fsp3) is 0.727. The highest BCUT2D eigenvalue weighted by Crippen LogP contribution is 2.32. The second-order valence-electron chi connectivity index (χ2n) is 4.29. The van der Waals surface area contributed by atoms with Crippen LogP contribution in [0.2, 0.25) is 0 Å². The Bertz CT molecular complexity index is 257. The van der Waals surface area contributed by atoms with E-state index in [1.54, 1.807) is 6.08 Å². The SMILES string of the molecule is C=CCNC(N)=NCC1(N(C)C)CCSC1. The van der Waals surface area contributed by atoms with Gasteiger partial charge >= 0.3 is 0 Å². The smallest absolute Gasteiger partial charge is 0.188 e. The number of aliphatic imine (C=N–C) groups is 1. The average Bonchev–Trinajstić information content (AvgIpc) is 2.73. The summed E-state index contributed by atoms with van der Waals surface area (Å²) >= 11 is 1.99. The molecule has 4 nitrogen and oxygen atoms in total. The molecular weight excluding hydrogens is 220 g/mol. The summed E-state index contributed by atoms with van der Waals surface area (Å²) < 4.78 is 0. The van der Waals surface area contributed by atoms with E-state index in [1.807, 2.05) is 11.8 Å². The topological polar surface area (TPSA) is 53.6 Å². The molecule has 0 bridgehead atoms. The third-order valence-electron chi connectivity index (χ3n) is 3.00. The summed E-state index contributed by atoms with van der Waals surface area (Å²) in [7, 11) is 4.24. The van der Waals surface area contributed by atoms with E-state index in [2.05, 4.69) is 35.9 Å². The lowest BCUT2D eigenvalue weighted by Crippen LogP contribution is -2.48. The molecule has 0 amide bonds. The molecule has 1 rings (SSSR count). The predicted molar refractivity (Wildman–Crippen MR) is 73.0 cm³/mol. The normalized spacial score (nSPS) is 26.1. The molecule has 92 valence electrons. The van der Waals surface area contributed by atoms with E-state index in [1.165, 1.54) is 12.2 Å². The zero-order valence-corrected chi connectivity index (χ0v) is 11.0. The maximum atomic E-state index is 5.76. The van der Waals surface area contributed by atoms with Crippen LogP contribution < -0.4 is 11.1 Å². The summed E-state index contributed by atoms with van der Waals surface area (Å²) in [5, 5.41) is 3.00. The molecule has 1 unspecified atom stereocenters. The zero-order valence-electron chi connectivity index (χ0n) is 10.2. The molecule has 1 heterocycles. The van der Waals surface area contributed by atoms with Crippen molar-refractivity contribution in [3.63, 3.8) is 0 Å². The first-order valence-corrected chi connectivity index (χ1v) is 6.66. The van der Waals surface area contributed by atoms with Gasteiger partial charge in [-0.05, 0) is 26.3 Å². The van der Waals surface area contributed by atoms with Gasteiger partial charge in [-0.1, -0.05) is 6.08 Å². The molecule has 0 aromatic heterocycles. The van der Waals surface area contributed by atoms with Gasteiger partial charge in [-0.3, -0.25) is 4.99 Å². The molecule has 1 fully saturated rings. The van der Waals surface area contributed by atoms with Crippen LogP contribution in [-0.4, -0.2) is 55.1 Å². The lowest BCUT2D eigenvalue weighted by Gasteiger charge is -2.34. The quantitative estimate of drug-likeness (QED) is 0.419. The van der Waals surface area contributed by atoms with Crippen molar-refractivity contribution < 1.29 is 0 Å². The van der Waals surface area contributed by atoms with Crippen molar-refractivity contribution in [1.29, 1.82) is 0 Å². The Morgan fingerprint density at radius 3 is 2.94 bits per heavy atom. The third-order valence-corrected chi connectivity index (χ3v) is 4.24. The van der Waals surface area contributed by atoms with Gasteiger partial charge in [0.15, 0.2) is 5.96 Å². The summed E-state index contributed by atoms with van der Waals surface area (Å²) in [6.07, 6.45) is 2.96. The monoisotopic (exact) mass is 242 g/mol. The Kier molecular flexibility index (Phi) is 5.15. The average molecular weight is 242 g/mol. The van der Waals surface area contributed by atoms with E-state index >= 15 is 0 Å². The maximum Gasteiger partial charge on any atom is 0.188 e. The van der Waals surface area contributed by atoms with E-state index in [-0.39, 0.29) is 5.54 Å². The molecule has 0 spiro atoms. The number of nitrogens with two attached hydrogens (primary N) is 1. The number of nitrogens with zero attached hydrogens (tertiary/aromatic N) is 2. The molecule has 0 radical (unpaired) electrons. The van der Waals surface area contributed by atoms with E-state index in [4.69, 9.17) is 5.73 Å². The summed E-state index contributed by atoms with van der Waals surface area (Å²) in [5.74, 6) is 2.87. The molecule has 1 atom stereocenters. The highest BCUT2D eigenvalue weighted by atomic mass is 32.2. The molecule has 0 aromatic carbocycles. The van der Waals surface area contributed by atoms with Crippen molar-refractivity contribution in [3.05, 3.63) is 12.7 Å². The first-order valence-electron chi connectivity index (χ1n) is 5.50. The standard InChI is InChI=1S/C11H22N4S/c1-4-6-13-10(12)14-8-11(15(2)3)5-7-16-9-11/h4H,1,5-9H2,2-3H3,(H3,12,13,14). The van der Waals surface area contributed by atoms with E-state index in [9.17, 15) is 0 Å². The van der Waals surface area contributed by atoms with Gasteiger partial charge in [0.1, 0.15) is 0 Å². The molecule has 1 saturated heterocycles. The van der Waals surface area contributed by atoms with Gasteiger partial charge in [0, 0.05) is 17.8 Å². The molecule has 3 N–H and O–H groups in total. The first-order chi connectivity index (χ1) is 7.60. The number of hydrogen-bond acceptors (Lipinski definition) is 3. The van der Waals surface area contributed by atoms with Crippen molar-refractivity contribution >= 4 is 17.7 Å². The number of rotatable bonds is 5. The number of likely N-dealkylation sites (N-methyl/N-ethyl adjacent to an activating group) is 1. The second kappa shape index (κ2) is 6.15. The Hall–Kier alpha value is -0.680. The number of hydrogen-bond donors (Lipinski definition) is 2. The minimum Gasteiger partial charge on any atom is -0.370 e. The lowest BCUT2D eigenvalue weighted by molar-refractivity contribution is 0.190. The summed E-state index contributed by atoms with van der Waals surface area (Å²) in [6, 6.07) is 0. The fourth-order valence-corrected chi connectivity index (χ4v) is 3.22. The minimum absolute atomic E-state index is 0.186. The van der Waals surface area contributed by atoms with Crippen LogP contribution in [0.1, 0.15) is 6.42 Å². The van der Waals surface area contributed by atoms with Crippen molar-refractivity contribution in [2.75, 3.05) is 38.7 Å². The van der Waals surface area contributed by atoms with Crippen molar-refractivity contribution in [2.45, 2.75) is 12.0 Å². The minimum atomic E-state index is 0.186. The number of nitrogens with one attached hydrogen (secondary N) is 1. The van der Waals surface area contributed by atoms with E-state index < -0.39 is 0 Å². The third kappa shape index (κ3) is 3.42. The predicted octanol–water partition coefficient (Wildman–Crippen LogP) is 0.514. The van der Waals surface area contributed by atoms with Crippen molar-refractivity contribution in [1.82, 2.24) is 10.2 Å². The molecule has 0 aromatic rings. The summed E-state index contributed by atoms with van der Waals surface area (Å²) in [4.78, 5) is 6.69. The highest BCUT2D eigenvalue weighted by molar-refractivity contribution is 7.99. The van der Waals surface area contributed by atoms with Gasteiger partial charge < -0.3 is 16.0 Å². The molecule has 16 heavy (non-hydrogen) atoms. The zero-order chi connectivity index (χ0) is 12.0. The van der Waals surface area contributed by atoms with Gasteiger partial charge in [-0.25, -0.2) is 0 Å². The van der Waals surface area contributed by atoms with Gasteiger partial charge in [-0.2, -0.15) is 11.8 Å². The van der Waals surface area contributed by atoms with Gasteiger partial charge in [0.05, 0.1) is 6.54 Å². The molecule has 0 saturated carbocycles. The van der Waals surface area contributed by atoms with Crippen molar-refractivity contribution in [2.24, 2.45) is 10.7 Å². The van der Waals surface area contributed by atoms with E-state index in [0.717, 1.165) is 12.3 Å². The molecule has 1 aliphatic heterocycles. The Labute approximate surface area is 102 Å². The summed E-state index contributed by atoms with van der Waals surface area (Å²) in [6.45, 7) is 5.06. The van der Waals surface area contributed by atoms with Crippen LogP contribution >= 0.6 is 11.8 Å². The van der Waals surface area contributed by atoms with Crippen LogP contribution in [0.25, 0.3) is 0 Å². The number of guanidine groups is 1. The van der Waals surface area contributed by atoms with Crippen LogP contribution in [0.4, 0.5) is 0 Å². The first kappa shape index (κ1) is 13.4. The number of thioether (sulfide) groups is 1. The van der Waals surface area contributed by atoms with Crippen LogP contribution in [0.5, 0.6) is 0 Å². The maximum absolute atomic E-state index is 5.76. The van der Waals surface area contributed by atoms with E-state index in [0.29, 0.717) is 12.5 Å². The van der Waals surface area contributed by atoms with Crippen molar-refractivity contribution in [3.8, 4) is 0 Å². The van der Waals surface area contributed by atoms with Crippen LogP contribution in [0.3, 0.4) is 0 Å². The molecule has 1 aliphatic rings. The Morgan fingerprint density at radius 1 is 1.69 bits per heavy atom. The fourth-order valence-electron chi connectivity index (χ4n) is 1.68. The highest BCUT2D eigenvalue weighted by Gasteiger charge is 2.36.